The normalized spacial score (nSPS) is 11.6. The zero-order chi connectivity index (χ0) is 11.9. The number of hydrogen-bond acceptors (Lipinski definition) is 2. The molecule has 5 heteroatoms. The van der Waals surface area contributed by atoms with Crippen LogP contribution in [0.5, 0.6) is 0 Å². The summed E-state index contributed by atoms with van der Waals surface area (Å²) >= 11 is 9.45. The zero-order valence-electron chi connectivity index (χ0n) is 9.43. The molecule has 0 saturated carbocycles. The SMILES string of the molecule is Cc1nc(CC(C)C)nc2[nH]c(Cl)c(Br)c12. The summed E-state index contributed by atoms with van der Waals surface area (Å²) < 4.78 is 0.845. The second-order valence-corrected chi connectivity index (χ2v) is 5.47. The first kappa shape index (κ1) is 11.9. The molecule has 0 aliphatic rings. The molecule has 0 aliphatic carbocycles. The molecule has 16 heavy (non-hydrogen) atoms. The maximum atomic E-state index is 6.01. The van der Waals surface area contributed by atoms with E-state index in [0.29, 0.717) is 11.1 Å². The molecule has 2 heterocycles. The first-order chi connectivity index (χ1) is 7.49. The number of hydrogen-bond donors (Lipinski definition) is 1. The molecule has 0 spiro atoms. The highest BCUT2D eigenvalue weighted by atomic mass is 79.9. The summed E-state index contributed by atoms with van der Waals surface area (Å²) in [5, 5.41) is 1.55. The minimum Gasteiger partial charge on any atom is -0.329 e. The summed E-state index contributed by atoms with van der Waals surface area (Å²) in [5.41, 5.74) is 1.76. The van der Waals surface area contributed by atoms with E-state index in [2.05, 4.69) is 44.7 Å². The van der Waals surface area contributed by atoms with E-state index in [1.807, 2.05) is 6.92 Å². The summed E-state index contributed by atoms with van der Waals surface area (Å²) in [4.78, 5) is 12.0. The maximum Gasteiger partial charge on any atom is 0.143 e. The highest BCUT2D eigenvalue weighted by molar-refractivity contribution is 9.10. The van der Waals surface area contributed by atoms with Gasteiger partial charge in [0.25, 0.3) is 0 Å². The van der Waals surface area contributed by atoms with Crippen LogP contribution in [-0.4, -0.2) is 15.0 Å². The van der Waals surface area contributed by atoms with Crippen LogP contribution < -0.4 is 0 Å². The van der Waals surface area contributed by atoms with Gasteiger partial charge in [0, 0.05) is 6.42 Å². The van der Waals surface area contributed by atoms with Gasteiger partial charge in [-0.2, -0.15) is 0 Å². The largest absolute Gasteiger partial charge is 0.329 e. The Labute approximate surface area is 108 Å². The van der Waals surface area contributed by atoms with Gasteiger partial charge in [-0.1, -0.05) is 25.4 Å². The lowest BCUT2D eigenvalue weighted by Gasteiger charge is -2.05. The summed E-state index contributed by atoms with van der Waals surface area (Å²) in [6.07, 6.45) is 0.880. The van der Waals surface area contributed by atoms with Gasteiger partial charge in [0.2, 0.25) is 0 Å². The van der Waals surface area contributed by atoms with Crippen molar-refractivity contribution >= 4 is 38.6 Å². The summed E-state index contributed by atoms with van der Waals surface area (Å²) in [7, 11) is 0. The van der Waals surface area contributed by atoms with E-state index < -0.39 is 0 Å². The number of halogens is 2. The Hall–Kier alpha value is -0.610. The molecule has 2 rings (SSSR count). The van der Waals surface area contributed by atoms with E-state index in [1.165, 1.54) is 0 Å². The van der Waals surface area contributed by atoms with E-state index in [0.717, 1.165) is 33.4 Å². The molecule has 0 saturated heterocycles. The second kappa shape index (κ2) is 4.34. The standard InChI is InChI=1S/C11H13BrClN3/c1-5(2)4-7-14-6(3)8-9(12)10(13)16-11(8)15-7/h5H,4H2,1-3H3,(H,14,15,16). The van der Waals surface area contributed by atoms with Crippen molar-refractivity contribution in [2.24, 2.45) is 5.92 Å². The number of rotatable bonds is 2. The van der Waals surface area contributed by atoms with Crippen molar-refractivity contribution in [1.29, 1.82) is 0 Å². The number of aryl methyl sites for hydroxylation is 1. The molecular weight excluding hydrogens is 289 g/mol. The van der Waals surface area contributed by atoms with E-state index in [-0.39, 0.29) is 0 Å². The van der Waals surface area contributed by atoms with Crippen molar-refractivity contribution in [2.75, 3.05) is 0 Å². The Bertz CT molecular complexity index is 533. The molecule has 0 bridgehead atoms. The first-order valence-electron chi connectivity index (χ1n) is 5.19. The van der Waals surface area contributed by atoms with Crippen LogP contribution in [0.4, 0.5) is 0 Å². The lowest BCUT2D eigenvalue weighted by Crippen LogP contribution is -2.02. The fourth-order valence-corrected chi connectivity index (χ4v) is 2.47. The number of fused-ring (bicyclic) bond motifs is 1. The number of aromatic amines is 1. The molecule has 0 aromatic carbocycles. The molecule has 0 fully saturated rings. The number of aromatic nitrogens is 3. The monoisotopic (exact) mass is 301 g/mol. The average molecular weight is 303 g/mol. The molecule has 0 unspecified atom stereocenters. The van der Waals surface area contributed by atoms with Crippen molar-refractivity contribution in [1.82, 2.24) is 15.0 Å². The zero-order valence-corrected chi connectivity index (χ0v) is 11.8. The van der Waals surface area contributed by atoms with Crippen LogP contribution in [0.1, 0.15) is 25.4 Å². The molecular formula is C11H13BrClN3. The lowest BCUT2D eigenvalue weighted by atomic mass is 10.1. The first-order valence-corrected chi connectivity index (χ1v) is 6.36. The fourth-order valence-electron chi connectivity index (χ4n) is 1.71. The molecule has 2 aromatic heterocycles. The Morgan fingerprint density at radius 1 is 1.38 bits per heavy atom. The van der Waals surface area contributed by atoms with Crippen LogP contribution in [0.15, 0.2) is 4.47 Å². The summed E-state index contributed by atoms with van der Waals surface area (Å²) in [6.45, 7) is 6.28. The third-order valence-corrected chi connectivity index (χ3v) is 3.67. The Balaban J connectivity index is 2.59. The molecule has 0 aliphatic heterocycles. The van der Waals surface area contributed by atoms with Crippen LogP contribution >= 0.6 is 27.5 Å². The number of H-pyrrole nitrogens is 1. The Morgan fingerprint density at radius 3 is 2.69 bits per heavy atom. The van der Waals surface area contributed by atoms with E-state index >= 15 is 0 Å². The third kappa shape index (κ3) is 2.09. The van der Waals surface area contributed by atoms with Gasteiger partial charge in [0.15, 0.2) is 0 Å². The van der Waals surface area contributed by atoms with Crippen molar-refractivity contribution in [3.63, 3.8) is 0 Å². The van der Waals surface area contributed by atoms with E-state index in [9.17, 15) is 0 Å². The van der Waals surface area contributed by atoms with Gasteiger partial charge >= 0.3 is 0 Å². The fraction of sp³-hybridized carbons (Fsp3) is 0.455. The summed E-state index contributed by atoms with van der Waals surface area (Å²) in [6, 6.07) is 0. The van der Waals surface area contributed by atoms with Gasteiger partial charge in [-0.05, 0) is 28.8 Å². The van der Waals surface area contributed by atoms with Crippen LogP contribution in [0, 0.1) is 12.8 Å². The Kier molecular flexibility index (Phi) is 3.22. The average Bonchev–Trinajstić information content (AvgIpc) is 2.41. The van der Waals surface area contributed by atoms with Crippen LogP contribution in [0.25, 0.3) is 11.0 Å². The van der Waals surface area contributed by atoms with Crippen molar-refractivity contribution in [3.05, 3.63) is 21.1 Å². The topological polar surface area (TPSA) is 41.6 Å². The van der Waals surface area contributed by atoms with Crippen molar-refractivity contribution in [2.45, 2.75) is 27.2 Å². The van der Waals surface area contributed by atoms with Gasteiger partial charge in [-0.15, -0.1) is 0 Å². The third-order valence-electron chi connectivity index (χ3n) is 2.37. The number of nitrogens with zero attached hydrogens (tertiary/aromatic N) is 2. The predicted octanol–water partition coefficient (Wildman–Crippen LogP) is 3.88. The quantitative estimate of drug-likeness (QED) is 0.914. The molecule has 1 N–H and O–H groups in total. The van der Waals surface area contributed by atoms with Crippen LogP contribution in [-0.2, 0) is 6.42 Å². The second-order valence-electron chi connectivity index (χ2n) is 4.30. The lowest BCUT2D eigenvalue weighted by molar-refractivity contribution is 0.621. The molecule has 3 nitrogen and oxygen atoms in total. The van der Waals surface area contributed by atoms with Gasteiger partial charge in [-0.25, -0.2) is 9.97 Å². The van der Waals surface area contributed by atoms with Crippen molar-refractivity contribution < 1.29 is 0 Å². The molecule has 0 amide bonds. The van der Waals surface area contributed by atoms with Gasteiger partial charge in [0.05, 0.1) is 15.6 Å². The van der Waals surface area contributed by atoms with Gasteiger partial charge in [-0.3, -0.25) is 0 Å². The van der Waals surface area contributed by atoms with E-state index in [4.69, 9.17) is 11.6 Å². The van der Waals surface area contributed by atoms with E-state index in [1.54, 1.807) is 0 Å². The highest BCUT2D eigenvalue weighted by Crippen LogP contribution is 2.31. The molecule has 0 radical (unpaired) electrons. The predicted molar refractivity (Wildman–Crippen MR) is 69.9 cm³/mol. The molecule has 0 atom stereocenters. The summed E-state index contributed by atoms with van der Waals surface area (Å²) in [5.74, 6) is 1.41. The van der Waals surface area contributed by atoms with Crippen LogP contribution in [0.3, 0.4) is 0 Å². The number of nitrogens with one attached hydrogen (secondary N) is 1. The minimum absolute atomic E-state index is 0.547. The maximum absolute atomic E-state index is 6.01. The molecule has 2 aromatic rings. The smallest absolute Gasteiger partial charge is 0.143 e. The van der Waals surface area contributed by atoms with Crippen LogP contribution in [0.2, 0.25) is 5.15 Å². The minimum atomic E-state index is 0.547. The molecule has 86 valence electrons. The highest BCUT2D eigenvalue weighted by Gasteiger charge is 2.13. The van der Waals surface area contributed by atoms with Crippen molar-refractivity contribution in [3.8, 4) is 0 Å². The Morgan fingerprint density at radius 2 is 2.06 bits per heavy atom. The van der Waals surface area contributed by atoms with Gasteiger partial charge < -0.3 is 4.98 Å². The van der Waals surface area contributed by atoms with Gasteiger partial charge in [0.1, 0.15) is 16.6 Å².